The lowest BCUT2D eigenvalue weighted by molar-refractivity contribution is -0.123. The summed E-state index contributed by atoms with van der Waals surface area (Å²) < 4.78 is 1.17. The standard InChI is InChI=1S/C18H23BrN2O.ClH/c19-14-6-3-5-13-12(14)8-9-16(13)21-18(22)17-10-11-4-1-2-7-15(11)20-17;/h3,5-6,11,15-17,20H,1-2,4,7-10H2,(H,21,22);1H. The summed E-state index contributed by atoms with van der Waals surface area (Å²) in [6.45, 7) is 0. The number of carbonyl (C=O) groups excluding carboxylic acids is 1. The zero-order valence-electron chi connectivity index (χ0n) is 13.2. The van der Waals surface area contributed by atoms with Gasteiger partial charge in [-0.25, -0.2) is 0 Å². The molecule has 0 aromatic heterocycles. The summed E-state index contributed by atoms with van der Waals surface area (Å²) in [6.07, 6.45) is 8.27. The minimum atomic E-state index is 0. The number of fused-ring (bicyclic) bond motifs is 2. The van der Waals surface area contributed by atoms with Crippen LogP contribution >= 0.6 is 28.3 Å². The van der Waals surface area contributed by atoms with Gasteiger partial charge in [0.05, 0.1) is 12.1 Å². The predicted molar refractivity (Wildman–Crippen MR) is 97.9 cm³/mol. The molecule has 0 radical (unpaired) electrons. The second-order valence-electron chi connectivity index (χ2n) is 7.01. The first-order chi connectivity index (χ1) is 10.7. The van der Waals surface area contributed by atoms with Gasteiger partial charge < -0.3 is 10.6 Å². The molecule has 2 aliphatic carbocycles. The summed E-state index contributed by atoms with van der Waals surface area (Å²) >= 11 is 3.62. The van der Waals surface area contributed by atoms with Crippen molar-refractivity contribution in [1.29, 1.82) is 0 Å². The van der Waals surface area contributed by atoms with Crippen molar-refractivity contribution < 1.29 is 4.79 Å². The van der Waals surface area contributed by atoms with Gasteiger partial charge in [-0.2, -0.15) is 0 Å². The van der Waals surface area contributed by atoms with Gasteiger partial charge in [0.1, 0.15) is 0 Å². The lowest BCUT2D eigenvalue weighted by atomic mass is 9.85. The lowest BCUT2D eigenvalue weighted by Gasteiger charge is -2.24. The van der Waals surface area contributed by atoms with Gasteiger partial charge in [0, 0.05) is 10.5 Å². The van der Waals surface area contributed by atoms with Gasteiger partial charge in [0.25, 0.3) is 0 Å². The second-order valence-corrected chi connectivity index (χ2v) is 7.87. The predicted octanol–water partition coefficient (Wildman–Crippen LogP) is 3.90. The van der Waals surface area contributed by atoms with Crippen LogP contribution in [0, 0.1) is 5.92 Å². The third-order valence-electron chi connectivity index (χ3n) is 5.71. The van der Waals surface area contributed by atoms with E-state index in [1.54, 1.807) is 0 Å². The summed E-state index contributed by atoms with van der Waals surface area (Å²) in [5.74, 6) is 0.918. The number of nitrogens with one attached hydrogen (secondary N) is 2. The number of amides is 1. The molecule has 1 saturated heterocycles. The Morgan fingerprint density at radius 2 is 2.04 bits per heavy atom. The first kappa shape index (κ1) is 17.2. The van der Waals surface area contributed by atoms with E-state index in [1.807, 2.05) is 0 Å². The molecule has 3 nitrogen and oxygen atoms in total. The van der Waals surface area contributed by atoms with Crippen molar-refractivity contribution in [2.45, 2.75) is 63.1 Å². The Balaban J connectivity index is 0.00000156. The molecule has 1 aromatic rings. The number of hydrogen-bond donors (Lipinski definition) is 2. The highest BCUT2D eigenvalue weighted by Crippen LogP contribution is 2.37. The highest BCUT2D eigenvalue weighted by Gasteiger charge is 2.39. The average molecular weight is 400 g/mol. The molecule has 1 heterocycles. The molecule has 1 saturated carbocycles. The van der Waals surface area contributed by atoms with Gasteiger partial charge in [-0.1, -0.05) is 40.9 Å². The van der Waals surface area contributed by atoms with Crippen LogP contribution in [0.15, 0.2) is 22.7 Å². The number of hydrogen-bond acceptors (Lipinski definition) is 2. The van der Waals surface area contributed by atoms with E-state index in [9.17, 15) is 4.79 Å². The Morgan fingerprint density at radius 1 is 1.22 bits per heavy atom. The summed E-state index contributed by atoms with van der Waals surface area (Å²) in [5, 5.41) is 6.87. The van der Waals surface area contributed by atoms with E-state index < -0.39 is 0 Å². The fourth-order valence-corrected chi connectivity index (χ4v) is 5.13. The molecular weight excluding hydrogens is 376 g/mol. The maximum Gasteiger partial charge on any atom is 0.237 e. The highest BCUT2D eigenvalue weighted by molar-refractivity contribution is 9.10. The second kappa shape index (κ2) is 7.12. The van der Waals surface area contributed by atoms with Crippen LogP contribution in [0.1, 0.15) is 55.7 Å². The maximum absolute atomic E-state index is 12.7. The van der Waals surface area contributed by atoms with Crippen LogP contribution in [0.25, 0.3) is 0 Å². The lowest BCUT2D eigenvalue weighted by Crippen LogP contribution is -2.44. The monoisotopic (exact) mass is 398 g/mol. The van der Waals surface area contributed by atoms with Crippen LogP contribution < -0.4 is 10.6 Å². The van der Waals surface area contributed by atoms with Crippen molar-refractivity contribution in [3.63, 3.8) is 0 Å². The quantitative estimate of drug-likeness (QED) is 0.792. The van der Waals surface area contributed by atoms with Crippen molar-refractivity contribution in [2.24, 2.45) is 5.92 Å². The van der Waals surface area contributed by atoms with Gasteiger partial charge in [-0.05, 0) is 55.2 Å². The van der Waals surface area contributed by atoms with Crippen molar-refractivity contribution in [3.05, 3.63) is 33.8 Å². The maximum atomic E-state index is 12.7. The van der Waals surface area contributed by atoms with Gasteiger partial charge in [-0.3, -0.25) is 4.79 Å². The largest absolute Gasteiger partial charge is 0.348 e. The van der Waals surface area contributed by atoms with E-state index in [2.05, 4.69) is 44.8 Å². The Hall–Kier alpha value is -0.580. The van der Waals surface area contributed by atoms with Crippen LogP contribution in [-0.4, -0.2) is 18.0 Å². The van der Waals surface area contributed by atoms with Crippen LogP contribution in [0.4, 0.5) is 0 Å². The molecule has 0 spiro atoms. The molecule has 1 amide bonds. The average Bonchev–Trinajstić information content (AvgIpc) is 3.12. The van der Waals surface area contributed by atoms with E-state index in [1.165, 1.54) is 41.3 Å². The number of halogens is 2. The molecule has 5 heteroatoms. The van der Waals surface area contributed by atoms with Gasteiger partial charge >= 0.3 is 0 Å². The van der Waals surface area contributed by atoms with E-state index in [4.69, 9.17) is 0 Å². The van der Waals surface area contributed by atoms with E-state index in [0.29, 0.717) is 6.04 Å². The Morgan fingerprint density at radius 3 is 2.87 bits per heavy atom. The first-order valence-corrected chi connectivity index (χ1v) is 9.35. The number of rotatable bonds is 2. The molecule has 3 aliphatic rings. The van der Waals surface area contributed by atoms with Crippen LogP contribution in [-0.2, 0) is 11.2 Å². The Bertz CT molecular complexity index is 580. The molecule has 23 heavy (non-hydrogen) atoms. The molecule has 126 valence electrons. The fourth-order valence-electron chi connectivity index (χ4n) is 4.55. The SMILES string of the molecule is Cl.O=C(NC1CCc2c(Br)cccc21)C1CC2CCCCC2N1. The summed E-state index contributed by atoms with van der Waals surface area (Å²) in [4.78, 5) is 12.7. The molecule has 2 fully saturated rings. The van der Waals surface area contributed by atoms with Crippen LogP contribution in [0.2, 0.25) is 0 Å². The summed E-state index contributed by atoms with van der Waals surface area (Å²) in [5.41, 5.74) is 2.65. The minimum Gasteiger partial charge on any atom is -0.348 e. The molecule has 1 aliphatic heterocycles. The molecule has 2 N–H and O–H groups in total. The Kier molecular flexibility index (Phi) is 5.34. The summed E-state index contributed by atoms with van der Waals surface area (Å²) in [6, 6.07) is 7.09. The van der Waals surface area contributed by atoms with Gasteiger partial charge in [-0.15, -0.1) is 12.4 Å². The topological polar surface area (TPSA) is 41.1 Å². The van der Waals surface area contributed by atoms with Crippen molar-refractivity contribution in [2.75, 3.05) is 0 Å². The molecule has 4 unspecified atom stereocenters. The Labute approximate surface area is 152 Å². The molecule has 4 atom stereocenters. The molecular formula is C18H24BrClN2O. The number of benzene rings is 1. The third-order valence-corrected chi connectivity index (χ3v) is 6.45. The molecule has 4 rings (SSSR count). The third kappa shape index (κ3) is 3.31. The van der Waals surface area contributed by atoms with E-state index in [0.717, 1.165) is 25.2 Å². The molecule has 0 bridgehead atoms. The first-order valence-electron chi connectivity index (χ1n) is 8.56. The van der Waals surface area contributed by atoms with Crippen molar-refractivity contribution >= 4 is 34.2 Å². The zero-order valence-corrected chi connectivity index (χ0v) is 15.6. The van der Waals surface area contributed by atoms with Crippen molar-refractivity contribution in [3.8, 4) is 0 Å². The normalized spacial score (nSPS) is 31.9. The minimum absolute atomic E-state index is 0. The van der Waals surface area contributed by atoms with Crippen LogP contribution in [0.3, 0.4) is 0 Å². The van der Waals surface area contributed by atoms with Crippen molar-refractivity contribution in [1.82, 2.24) is 10.6 Å². The van der Waals surface area contributed by atoms with E-state index >= 15 is 0 Å². The van der Waals surface area contributed by atoms with Crippen LogP contribution in [0.5, 0.6) is 0 Å². The van der Waals surface area contributed by atoms with Gasteiger partial charge in [0.2, 0.25) is 5.91 Å². The van der Waals surface area contributed by atoms with Gasteiger partial charge in [0.15, 0.2) is 0 Å². The number of carbonyl (C=O) groups is 1. The zero-order chi connectivity index (χ0) is 15.1. The van der Waals surface area contributed by atoms with E-state index in [-0.39, 0.29) is 30.4 Å². The highest BCUT2D eigenvalue weighted by atomic mass is 79.9. The summed E-state index contributed by atoms with van der Waals surface area (Å²) in [7, 11) is 0. The fraction of sp³-hybridized carbons (Fsp3) is 0.611. The smallest absolute Gasteiger partial charge is 0.237 e. The molecule has 1 aromatic carbocycles.